The average Bonchev–Trinajstić information content (AvgIpc) is 3.05. The van der Waals surface area contributed by atoms with E-state index in [1.54, 1.807) is 60.7 Å². The molecule has 0 aliphatic carbocycles. The molecule has 238 valence electrons. The van der Waals surface area contributed by atoms with Crippen molar-refractivity contribution >= 4 is 45.9 Å². The van der Waals surface area contributed by atoms with Crippen LogP contribution in [0.4, 0.5) is 34.1 Å². The van der Waals surface area contributed by atoms with Crippen molar-refractivity contribution in [3.05, 3.63) is 153 Å². The lowest BCUT2D eigenvalue weighted by Crippen LogP contribution is -2.25. The fourth-order valence-corrected chi connectivity index (χ4v) is 4.27. The zero-order chi connectivity index (χ0) is 34.2. The Kier molecular flexibility index (Phi) is 9.80. The fraction of sp³-hybridized carbons (Fsp3) is 0.0714. The minimum absolute atomic E-state index is 0.169. The van der Waals surface area contributed by atoms with Crippen LogP contribution in [0, 0.1) is 45.7 Å². The van der Waals surface area contributed by atoms with E-state index in [9.17, 15) is 55.3 Å². The highest BCUT2D eigenvalue weighted by Crippen LogP contribution is 2.38. The van der Waals surface area contributed by atoms with Crippen LogP contribution in [0.1, 0.15) is 31.8 Å². The lowest BCUT2D eigenvalue weighted by atomic mass is 10.1. The largest absolute Gasteiger partial charge is 0.594 e. The Labute approximate surface area is 262 Å². The number of amides is 2. The van der Waals surface area contributed by atoms with Crippen molar-refractivity contribution in [1.29, 1.82) is 0 Å². The van der Waals surface area contributed by atoms with E-state index in [1.165, 1.54) is 0 Å². The highest BCUT2D eigenvalue weighted by atomic mass is 16.6. The van der Waals surface area contributed by atoms with E-state index in [1.807, 2.05) is 0 Å². The molecule has 0 unspecified atom stereocenters. The molecule has 2 N–H and O–H groups in total. The van der Waals surface area contributed by atoms with Crippen molar-refractivity contribution in [2.75, 3.05) is 0 Å². The van der Waals surface area contributed by atoms with Gasteiger partial charge in [0.25, 0.3) is 40.3 Å². The second-order valence-electron chi connectivity index (χ2n) is 9.46. The summed E-state index contributed by atoms with van der Waals surface area (Å²) >= 11 is 0. The molecule has 0 bridgehead atoms. The molecule has 0 heterocycles. The van der Waals surface area contributed by atoms with Gasteiger partial charge in [-0.1, -0.05) is 60.7 Å². The minimum atomic E-state index is -1.23. The maximum absolute atomic E-state index is 13.5. The van der Waals surface area contributed by atoms with Crippen molar-refractivity contribution in [3.63, 3.8) is 0 Å². The van der Waals surface area contributed by atoms with Gasteiger partial charge in [-0.05, 0) is 16.0 Å². The van der Waals surface area contributed by atoms with Gasteiger partial charge in [-0.25, -0.2) is 0 Å². The second-order valence-corrected chi connectivity index (χ2v) is 9.46. The molecule has 4 rings (SSSR count). The van der Waals surface area contributed by atoms with Crippen LogP contribution in [-0.2, 0) is 13.1 Å². The normalized spacial score (nSPS) is 10.9. The summed E-state index contributed by atoms with van der Waals surface area (Å²) < 4.78 is 0. The number of nitro benzene ring substituents is 4. The minimum Gasteiger partial charge on any atom is -0.594 e. The molecule has 19 heteroatoms. The van der Waals surface area contributed by atoms with Gasteiger partial charge in [0.15, 0.2) is 11.3 Å². The molecule has 0 atom stereocenters. The maximum atomic E-state index is 13.5. The first-order chi connectivity index (χ1) is 22.4. The Morgan fingerprint density at radius 2 is 0.957 bits per heavy atom. The molecular weight excluding hydrogens is 624 g/mol. The molecule has 0 aliphatic rings. The number of nitrogens with zero attached hydrogens (tertiary/aromatic N) is 6. The standard InChI is InChI=1S/C28H20N8O11/c37-27(29-15-17-7-3-1-4-8-17)25-21(11-19(33(40)41)13-23(25)35(44)45)31-32(39)22-12-20(34(42)43)14-24(36(46)47)26(22)28(38)30-16-18-9-5-2-6-10-18/h1-14H,15-16H2,(H,29,37)(H,30,38). The van der Waals surface area contributed by atoms with Gasteiger partial charge in [0.1, 0.15) is 5.56 Å². The summed E-state index contributed by atoms with van der Waals surface area (Å²) in [5, 5.41) is 68.9. The highest BCUT2D eigenvalue weighted by Gasteiger charge is 2.36. The number of hydrogen-bond donors (Lipinski definition) is 2. The predicted octanol–water partition coefficient (Wildman–Crippen LogP) is 5.11. The Hall–Kier alpha value is -7.18. The first-order valence-corrected chi connectivity index (χ1v) is 13.1. The SMILES string of the molecule is O=C(NCc1ccccc1)c1c(N=[N+]([O-])c2cc([N+](=O)[O-])cc([N+](=O)[O-])c2C(=O)NCc2ccccc2)cc([N+](=O)[O-])cc1[N+](=O)[O-]. The molecule has 0 saturated heterocycles. The molecule has 0 aromatic heterocycles. The van der Waals surface area contributed by atoms with Gasteiger partial charge in [0.05, 0.1) is 37.9 Å². The molecule has 0 radical (unpaired) electrons. The van der Waals surface area contributed by atoms with Gasteiger partial charge in [-0.15, -0.1) is 0 Å². The molecule has 0 aliphatic heterocycles. The number of carbonyl (C=O) groups is 2. The van der Waals surface area contributed by atoms with E-state index in [0.29, 0.717) is 35.4 Å². The molecule has 19 nitrogen and oxygen atoms in total. The zero-order valence-electron chi connectivity index (χ0n) is 23.7. The zero-order valence-corrected chi connectivity index (χ0v) is 23.7. The fourth-order valence-electron chi connectivity index (χ4n) is 4.27. The van der Waals surface area contributed by atoms with Crippen LogP contribution < -0.4 is 10.6 Å². The van der Waals surface area contributed by atoms with Crippen LogP contribution in [0.3, 0.4) is 0 Å². The van der Waals surface area contributed by atoms with Crippen molar-refractivity contribution in [2.24, 2.45) is 5.11 Å². The monoisotopic (exact) mass is 644 g/mol. The molecule has 0 saturated carbocycles. The van der Waals surface area contributed by atoms with E-state index < -0.39 is 81.6 Å². The number of carbonyl (C=O) groups excluding carboxylic acids is 2. The van der Waals surface area contributed by atoms with Crippen LogP contribution in [0.25, 0.3) is 0 Å². The maximum Gasteiger partial charge on any atom is 0.295 e. The Morgan fingerprint density at radius 1 is 0.553 bits per heavy atom. The smallest absolute Gasteiger partial charge is 0.295 e. The number of rotatable bonds is 12. The van der Waals surface area contributed by atoms with Gasteiger partial charge >= 0.3 is 0 Å². The Balaban J connectivity index is 1.91. The van der Waals surface area contributed by atoms with Crippen LogP contribution in [-0.4, -0.2) is 36.4 Å². The van der Waals surface area contributed by atoms with Crippen molar-refractivity contribution < 1.29 is 34.1 Å². The Bertz CT molecular complexity index is 1950. The van der Waals surface area contributed by atoms with E-state index in [-0.39, 0.29) is 13.1 Å². The number of azo groups is 1. The summed E-state index contributed by atoms with van der Waals surface area (Å²) in [5.74, 6) is -2.42. The van der Waals surface area contributed by atoms with Gasteiger partial charge in [0, 0.05) is 24.3 Å². The molecule has 0 spiro atoms. The lowest BCUT2D eigenvalue weighted by Gasteiger charge is -2.10. The van der Waals surface area contributed by atoms with Crippen LogP contribution in [0.2, 0.25) is 0 Å². The number of nitro groups is 4. The van der Waals surface area contributed by atoms with E-state index in [0.717, 1.165) is 0 Å². The molecule has 0 fully saturated rings. The summed E-state index contributed by atoms with van der Waals surface area (Å²) in [7, 11) is 0. The van der Waals surface area contributed by atoms with E-state index in [4.69, 9.17) is 0 Å². The third-order valence-corrected chi connectivity index (χ3v) is 6.43. The molecular formula is C28H20N8O11. The molecule has 4 aromatic carbocycles. The topological polar surface area (TPSA) is 269 Å². The lowest BCUT2D eigenvalue weighted by molar-refractivity contribution is -0.439. The van der Waals surface area contributed by atoms with Gasteiger partial charge in [0.2, 0.25) is 0 Å². The third-order valence-electron chi connectivity index (χ3n) is 6.43. The summed E-state index contributed by atoms with van der Waals surface area (Å²) in [5.41, 5.74) is -7.06. The predicted molar refractivity (Wildman–Crippen MR) is 160 cm³/mol. The first kappa shape index (κ1) is 32.7. The van der Waals surface area contributed by atoms with Crippen molar-refractivity contribution in [3.8, 4) is 0 Å². The van der Waals surface area contributed by atoms with Crippen LogP contribution in [0.5, 0.6) is 0 Å². The highest BCUT2D eigenvalue weighted by molar-refractivity contribution is 6.04. The molecule has 47 heavy (non-hydrogen) atoms. The second kappa shape index (κ2) is 14.1. The Morgan fingerprint density at radius 3 is 1.40 bits per heavy atom. The number of hydrogen-bond acceptors (Lipinski definition) is 12. The quantitative estimate of drug-likeness (QED) is 0.0885. The number of benzene rings is 4. The third kappa shape index (κ3) is 7.67. The number of nitrogens with one attached hydrogen (secondary N) is 2. The first-order valence-electron chi connectivity index (χ1n) is 13.1. The van der Waals surface area contributed by atoms with Crippen molar-refractivity contribution in [1.82, 2.24) is 10.6 Å². The summed E-state index contributed by atoms with van der Waals surface area (Å²) in [6.45, 7) is -0.358. The van der Waals surface area contributed by atoms with Gasteiger partial charge in [-0.2, -0.15) is 0 Å². The van der Waals surface area contributed by atoms with Crippen LogP contribution in [0.15, 0.2) is 90.0 Å². The molecule has 2 amide bonds. The average molecular weight is 645 g/mol. The van der Waals surface area contributed by atoms with Crippen molar-refractivity contribution in [2.45, 2.75) is 13.1 Å². The summed E-state index contributed by atoms with van der Waals surface area (Å²) in [4.78, 5) is 68.6. The van der Waals surface area contributed by atoms with Gasteiger partial charge in [-0.3, -0.25) is 50.0 Å². The summed E-state index contributed by atoms with van der Waals surface area (Å²) in [6.07, 6.45) is 0. The summed E-state index contributed by atoms with van der Waals surface area (Å²) in [6, 6.07) is 18.4. The number of non-ortho nitro benzene ring substituents is 2. The molecule has 4 aromatic rings. The van der Waals surface area contributed by atoms with E-state index in [2.05, 4.69) is 15.7 Å². The van der Waals surface area contributed by atoms with E-state index >= 15 is 0 Å². The van der Waals surface area contributed by atoms with Crippen LogP contribution >= 0.6 is 0 Å². The van der Waals surface area contributed by atoms with Gasteiger partial charge < -0.3 is 15.8 Å².